The molecule has 0 aliphatic carbocycles. The summed E-state index contributed by atoms with van der Waals surface area (Å²) in [5.74, 6) is 3.07. The number of thioether (sulfide) groups is 1. The van der Waals surface area contributed by atoms with Gasteiger partial charge in [-0.15, -0.1) is 11.8 Å². The first-order valence-corrected chi connectivity index (χ1v) is 11.9. The highest BCUT2D eigenvalue weighted by atomic mass is 32.2. The van der Waals surface area contributed by atoms with E-state index in [1.54, 1.807) is 30.7 Å². The summed E-state index contributed by atoms with van der Waals surface area (Å²) in [5.41, 5.74) is 1.68. The van der Waals surface area contributed by atoms with Gasteiger partial charge in [-0.05, 0) is 61.6 Å². The van der Waals surface area contributed by atoms with E-state index in [-0.39, 0.29) is 5.91 Å². The molecule has 1 amide bonds. The second kappa shape index (κ2) is 10.1. The third-order valence-electron chi connectivity index (χ3n) is 4.74. The molecule has 4 aromatic rings. The zero-order valence-electron chi connectivity index (χ0n) is 18.1. The molecule has 9 heteroatoms. The van der Waals surface area contributed by atoms with E-state index >= 15 is 0 Å². The van der Waals surface area contributed by atoms with Crippen LogP contribution in [-0.2, 0) is 4.79 Å². The molecule has 2 aromatic heterocycles. The van der Waals surface area contributed by atoms with Gasteiger partial charge in [0, 0.05) is 17.4 Å². The van der Waals surface area contributed by atoms with Crippen molar-refractivity contribution in [1.82, 2.24) is 14.8 Å². The Hall–Kier alpha value is -3.04. The number of benzene rings is 2. The lowest BCUT2D eigenvalue weighted by Gasteiger charge is -2.07. The van der Waals surface area contributed by atoms with Gasteiger partial charge in [0.1, 0.15) is 17.3 Å². The first-order valence-electron chi connectivity index (χ1n) is 10.1. The number of anilines is 1. The molecule has 0 unspecified atom stereocenters. The number of hydrogen-bond acceptors (Lipinski definition) is 7. The van der Waals surface area contributed by atoms with E-state index in [2.05, 4.69) is 15.4 Å². The lowest BCUT2D eigenvalue weighted by atomic mass is 10.3. The minimum atomic E-state index is -0.0377. The molecule has 1 N–H and O–H groups in total. The number of fused-ring (bicyclic) bond motifs is 1. The van der Waals surface area contributed by atoms with Gasteiger partial charge in [0.15, 0.2) is 0 Å². The minimum Gasteiger partial charge on any atom is -0.497 e. The number of methoxy groups -OCH3 is 2. The molecule has 0 saturated carbocycles. The second-order valence-corrected chi connectivity index (χ2v) is 9.27. The molecule has 7 nitrogen and oxygen atoms in total. The number of aromatic nitrogens is 3. The predicted molar refractivity (Wildman–Crippen MR) is 130 cm³/mol. The van der Waals surface area contributed by atoms with Gasteiger partial charge in [-0.3, -0.25) is 4.79 Å². The van der Waals surface area contributed by atoms with Crippen LogP contribution in [0.4, 0.5) is 5.82 Å². The van der Waals surface area contributed by atoms with Gasteiger partial charge in [-0.2, -0.15) is 9.78 Å². The van der Waals surface area contributed by atoms with Gasteiger partial charge in [0.05, 0.1) is 30.1 Å². The Morgan fingerprint density at radius 3 is 2.59 bits per heavy atom. The highest BCUT2D eigenvalue weighted by Crippen LogP contribution is 2.30. The topological polar surface area (TPSA) is 78.3 Å². The molecule has 166 valence electrons. The van der Waals surface area contributed by atoms with Crippen molar-refractivity contribution in [3.05, 3.63) is 54.2 Å². The fourth-order valence-electron chi connectivity index (χ4n) is 3.14. The maximum absolute atomic E-state index is 12.5. The van der Waals surface area contributed by atoms with Crippen LogP contribution in [-0.4, -0.2) is 40.6 Å². The molecule has 0 radical (unpaired) electrons. The summed E-state index contributed by atoms with van der Waals surface area (Å²) in [6.45, 7) is 1.90. The van der Waals surface area contributed by atoms with Crippen LogP contribution in [0.25, 0.3) is 15.3 Å². The van der Waals surface area contributed by atoms with Crippen molar-refractivity contribution in [2.75, 3.05) is 25.3 Å². The maximum atomic E-state index is 12.5. The van der Waals surface area contributed by atoms with Crippen LogP contribution in [0, 0.1) is 6.92 Å². The van der Waals surface area contributed by atoms with E-state index < -0.39 is 0 Å². The van der Waals surface area contributed by atoms with Crippen LogP contribution in [0.1, 0.15) is 18.5 Å². The Bertz CT molecular complexity index is 1220. The number of ether oxygens (including phenoxy) is 2. The number of hydrogen-bond donors (Lipinski definition) is 1. The number of carbonyl (C=O) groups excluding carboxylic acids is 1. The van der Waals surface area contributed by atoms with E-state index in [0.29, 0.717) is 17.4 Å². The summed E-state index contributed by atoms with van der Waals surface area (Å²) in [6, 6.07) is 15.5. The molecule has 2 aromatic carbocycles. The van der Waals surface area contributed by atoms with Crippen molar-refractivity contribution in [3.8, 4) is 16.6 Å². The van der Waals surface area contributed by atoms with Crippen molar-refractivity contribution in [2.45, 2.75) is 24.7 Å². The molecular formula is C23H24N4O3S2. The van der Waals surface area contributed by atoms with E-state index in [9.17, 15) is 4.79 Å². The quantitative estimate of drug-likeness (QED) is 0.265. The standard InChI is InChI=1S/C23H24N4O3S2/c1-15-13-21(25-22(28)5-4-12-31-18-9-6-16(29-2)7-10-18)27(26-15)23-24-19-11-8-17(30-3)14-20(19)32-23/h6-11,13-14H,4-5,12H2,1-3H3,(H,25,28). The van der Waals surface area contributed by atoms with E-state index in [1.807, 2.05) is 55.5 Å². The lowest BCUT2D eigenvalue weighted by Crippen LogP contribution is -2.14. The van der Waals surface area contributed by atoms with Crippen LogP contribution in [0.15, 0.2) is 53.4 Å². The molecule has 4 rings (SSSR count). The van der Waals surface area contributed by atoms with Crippen LogP contribution in [0.3, 0.4) is 0 Å². The fraction of sp³-hybridized carbons (Fsp3) is 0.261. The van der Waals surface area contributed by atoms with Gasteiger partial charge >= 0.3 is 0 Å². The number of thiazole rings is 1. The molecular weight excluding hydrogens is 444 g/mol. The van der Waals surface area contributed by atoms with Crippen molar-refractivity contribution in [3.63, 3.8) is 0 Å². The van der Waals surface area contributed by atoms with Gasteiger partial charge < -0.3 is 14.8 Å². The summed E-state index contributed by atoms with van der Waals surface area (Å²) in [7, 11) is 3.30. The average Bonchev–Trinajstić information content (AvgIpc) is 3.39. The molecule has 0 atom stereocenters. The average molecular weight is 469 g/mol. The molecule has 0 saturated heterocycles. The number of nitrogens with zero attached hydrogens (tertiary/aromatic N) is 3. The van der Waals surface area contributed by atoms with E-state index in [4.69, 9.17) is 9.47 Å². The molecule has 0 spiro atoms. The number of rotatable bonds is 9. The third kappa shape index (κ3) is 5.23. The fourth-order valence-corrected chi connectivity index (χ4v) is 4.96. The molecule has 0 aliphatic heterocycles. The summed E-state index contributed by atoms with van der Waals surface area (Å²) in [4.78, 5) is 18.4. The minimum absolute atomic E-state index is 0.0377. The van der Waals surface area contributed by atoms with Gasteiger partial charge in [0.2, 0.25) is 11.0 Å². The van der Waals surface area contributed by atoms with E-state index in [1.165, 1.54) is 11.3 Å². The Morgan fingerprint density at radius 1 is 1.09 bits per heavy atom. The normalized spacial score (nSPS) is 11.0. The first kappa shape index (κ1) is 22.2. The zero-order chi connectivity index (χ0) is 22.5. The van der Waals surface area contributed by atoms with Gasteiger partial charge in [0.25, 0.3) is 0 Å². The first-order chi connectivity index (χ1) is 15.6. The highest BCUT2D eigenvalue weighted by Gasteiger charge is 2.15. The number of nitrogens with one attached hydrogen (secondary N) is 1. The molecule has 0 fully saturated rings. The van der Waals surface area contributed by atoms with Crippen LogP contribution in [0.5, 0.6) is 11.5 Å². The van der Waals surface area contributed by atoms with Gasteiger partial charge in [-0.1, -0.05) is 11.3 Å². The molecule has 0 bridgehead atoms. The van der Waals surface area contributed by atoms with Crippen LogP contribution >= 0.6 is 23.1 Å². The Morgan fingerprint density at radius 2 is 1.84 bits per heavy atom. The Kier molecular flexibility index (Phi) is 6.96. The zero-order valence-corrected chi connectivity index (χ0v) is 19.8. The van der Waals surface area contributed by atoms with Crippen molar-refractivity contribution < 1.29 is 14.3 Å². The SMILES string of the molecule is COc1ccc(SCCCC(=O)Nc2cc(C)nn2-c2nc3ccc(OC)cc3s2)cc1. The number of amides is 1. The van der Waals surface area contributed by atoms with Crippen molar-refractivity contribution >= 4 is 45.0 Å². The highest BCUT2D eigenvalue weighted by molar-refractivity contribution is 7.99. The summed E-state index contributed by atoms with van der Waals surface area (Å²) in [6.07, 6.45) is 1.21. The summed E-state index contributed by atoms with van der Waals surface area (Å²) in [5, 5.41) is 8.22. The van der Waals surface area contributed by atoms with Crippen molar-refractivity contribution in [2.24, 2.45) is 0 Å². The summed E-state index contributed by atoms with van der Waals surface area (Å²) >= 11 is 3.23. The second-order valence-electron chi connectivity index (χ2n) is 7.09. The third-order valence-corrected chi connectivity index (χ3v) is 6.83. The largest absolute Gasteiger partial charge is 0.497 e. The smallest absolute Gasteiger partial charge is 0.225 e. The summed E-state index contributed by atoms with van der Waals surface area (Å²) < 4.78 is 13.2. The molecule has 2 heterocycles. The monoisotopic (exact) mass is 468 g/mol. The number of carbonyl (C=O) groups is 1. The van der Waals surface area contributed by atoms with Crippen LogP contribution < -0.4 is 14.8 Å². The molecule has 0 aliphatic rings. The maximum Gasteiger partial charge on any atom is 0.225 e. The Labute approximate surface area is 194 Å². The predicted octanol–water partition coefficient (Wildman–Crippen LogP) is 5.32. The van der Waals surface area contributed by atoms with Crippen molar-refractivity contribution in [1.29, 1.82) is 0 Å². The molecule has 32 heavy (non-hydrogen) atoms. The van der Waals surface area contributed by atoms with Crippen LogP contribution in [0.2, 0.25) is 0 Å². The number of aryl methyl sites for hydroxylation is 1. The van der Waals surface area contributed by atoms with Gasteiger partial charge in [-0.25, -0.2) is 4.98 Å². The van der Waals surface area contributed by atoms with E-state index in [0.717, 1.165) is 44.5 Å². The lowest BCUT2D eigenvalue weighted by molar-refractivity contribution is -0.116. The Balaban J connectivity index is 1.36.